The highest BCUT2D eigenvalue weighted by Crippen LogP contribution is 2.72. The van der Waals surface area contributed by atoms with Crippen molar-refractivity contribution in [2.75, 3.05) is 73.6 Å². The van der Waals surface area contributed by atoms with E-state index in [9.17, 15) is 32.3 Å². The number of halogens is 3. The van der Waals surface area contributed by atoms with Gasteiger partial charge in [-0.2, -0.15) is 8.42 Å². The topological polar surface area (TPSA) is 336 Å². The Hall–Kier alpha value is -8.92. The summed E-state index contributed by atoms with van der Waals surface area (Å²) < 4.78 is 100. The van der Waals surface area contributed by atoms with Crippen molar-refractivity contribution < 1.29 is 79.5 Å². The van der Waals surface area contributed by atoms with Gasteiger partial charge in [-0.25, -0.2) is 44.5 Å². The van der Waals surface area contributed by atoms with Gasteiger partial charge in [-0.1, -0.05) is 20.6 Å². The second kappa shape index (κ2) is 28.8. The summed E-state index contributed by atoms with van der Waals surface area (Å²) in [6.45, 7) is 43.7. The number of amides is 3. The lowest BCUT2D eigenvalue weighted by atomic mass is 9.40. The van der Waals surface area contributed by atoms with E-state index in [-0.39, 0.29) is 142 Å². The lowest BCUT2D eigenvalue weighted by Crippen LogP contribution is -2.67. The fourth-order valence-corrected chi connectivity index (χ4v) is 20.0. The zero-order valence-corrected chi connectivity index (χ0v) is 61.8. The first-order valence-electron chi connectivity index (χ1n) is 35.4. The van der Waals surface area contributed by atoms with Crippen LogP contribution >= 0.6 is 0 Å². The van der Waals surface area contributed by atoms with E-state index in [1.165, 1.54) is 45.0 Å². The van der Waals surface area contributed by atoms with E-state index >= 15 is 8.78 Å². The van der Waals surface area contributed by atoms with Crippen LogP contribution in [0.1, 0.15) is 141 Å². The van der Waals surface area contributed by atoms with E-state index in [2.05, 4.69) is 48.2 Å². The summed E-state index contributed by atoms with van der Waals surface area (Å²) in [5, 5.41) is 25.0. The first-order chi connectivity index (χ1) is 49.9. The number of aromatic hydroxyl groups is 1. The Morgan fingerprint density at radius 1 is 0.574 bits per heavy atom. The molecule has 582 valence electrons. The molecule has 12 saturated carbocycles. The van der Waals surface area contributed by atoms with Gasteiger partial charge in [0.05, 0.1) is 82.0 Å². The molecule has 6 heterocycles. The number of phenolic OH excluding ortho intramolecular Hbond substituents is 1. The van der Waals surface area contributed by atoms with Gasteiger partial charge >= 0.3 is 0 Å². The van der Waals surface area contributed by atoms with Gasteiger partial charge in [-0.3, -0.25) is 23.5 Å². The molecule has 0 aromatic heterocycles. The average molecular weight is 1520 g/mol. The Bertz CT molecular complexity index is 4360. The Morgan fingerprint density at radius 2 is 0.917 bits per heavy atom. The molecule has 3 aromatic carbocycles. The fourth-order valence-electron chi connectivity index (χ4n) is 19.5. The average Bonchev–Trinajstić information content (AvgIpc) is 0.694. The van der Waals surface area contributed by atoms with Crippen molar-refractivity contribution in [1.29, 1.82) is 0 Å². The fraction of sp³-hybridized carbons (Fsp3) is 0.610. The zero-order chi connectivity index (χ0) is 77.0. The number of phenols is 1. The number of benzene rings is 3. The van der Waals surface area contributed by atoms with Gasteiger partial charge < -0.3 is 84.9 Å². The van der Waals surface area contributed by atoms with Crippen LogP contribution < -0.4 is 25.8 Å². The van der Waals surface area contributed by atoms with Gasteiger partial charge in [-0.05, 0) is 94.6 Å². The number of carbonyl (C=O) groups excluding carboxylic acids is 3. The minimum absolute atomic E-state index is 0. The van der Waals surface area contributed by atoms with Crippen molar-refractivity contribution in [3.05, 3.63) is 169 Å². The number of aliphatic imine (C=N–C) groups is 1. The molecule has 0 unspecified atom stereocenters. The number of hydrogen-bond donors (Lipinski definition) is 5. The highest BCUT2D eigenvalue weighted by atomic mass is 32.2. The molecule has 12 aliphatic carbocycles. The molecule has 0 spiro atoms. The maximum atomic E-state index is 15.1. The van der Waals surface area contributed by atoms with Crippen LogP contribution in [0.25, 0.3) is 19.4 Å². The SMILES string of the molecule is C.C=C1N[C@@]2(c3cc(O)ccc3F)CO[C@@H](C)C[C@H]2C(=O)N1C.O.O=O.[C-]#[N+]C12CC(CO)(C1)C2.[C-]#[N+]C12CC(COS(C)(=O)=O)(C1)C2.[C-]#[N+]C12CC(COc3ccc(F)c([C@]45CO[C@@H](C)C[C@H]4C(=O)N(C)C(=C)N5)c3)(C1)C2.[C-]#[N+]C12CC(COc3ccc(F)c([C@]45CO[C@@H](C)C[C@H]4C(=O)N(C)C(N)=N5)c3)(C1)C2. The van der Waals surface area contributed by atoms with Crippen LogP contribution in [0, 0.1) is 93.1 Å². The van der Waals surface area contributed by atoms with Crippen molar-refractivity contribution in [1.82, 2.24) is 25.3 Å². The Kier molecular flexibility index (Phi) is 21.8. The number of aliphatic hydroxyl groups excluding tert-OH is 1. The summed E-state index contributed by atoms with van der Waals surface area (Å²) >= 11 is 0. The Labute approximate surface area is 627 Å². The number of nitrogens with zero attached hydrogens (tertiary/aromatic N) is 8. The van der Waals surface area contributed by atoms with Crippen molar-refractivity contribution in [3.8, 4) is 17.2 Å². The lowest BCUT2D eigenvalue weighted by molar-refractivity contribution is -0.153. The molecule has 3 aromatic rings. The van der Waals surface area contributed by atoms with Gasteiger partial charge in [-0.15, -0.1) is 0 Å². The number of nitrogens with one attached hydrogen (secondary N) is 2. The summed E-state index contributed by atoms with van der Waals surface area (Å²) in [6.07, 6.45) is 12.8. The summed E-state index contributed by atoms with van der Waals surface area (Å²) in [6, 6.07) is 13.1. The van der Waals surface area contributed by atoms with Crippen molar-refractivity contribution in [2.24, 2.45) is 50.1 Å². The molecule has 9 atom stereocenters. The highest BCUT2D eigenvalue weighted by Gasteiger charge is 2.77. The molecule has 18 aliphatic rings. The second-order valence-corrected chi connectivity index (χ2v) is 34.7. The molecule has 6 aliphatic heterocycles. The van der Waals surface area contributed by atoms with E-state index in [0.29, 0.717) is 67.8 Å². The van der Waals surface area contributed by atoms with Crippen LogP contribution in [0.4, 0.5) is 13.2 Å². The first kappa shape index (κ1) is 81.6. The Morgan fingerprint density at radius 3 is 1.31 bits per heavy atom. The molecule has 5 saturated heterocycles. The van der Waals surface area contributed by atoms with Crippen molar-refractivity contribution >= 4 is 33.8 Å². The lowest BCUT2D eigenvalue weighted by Gasteiger charge is -2.61. The quantitative estimate of drug-likeness (QED) is 0.0787. The van der Waals surface area contributed by atoms with Gasteiger partial charge in [0.25, 0.3) is 10.1 Å². The molecule has 8 bridgehead atoms. The van der Waals surface area contributed by atoms with Crippen LogP contribution in [0.2, 0.25) is 0 Å². The van der Waals surface area contributed by atoms with Crippen LogP contribution in [0.3, 0.4) is 0 Å². The van der Waals surface area contributed by atoms with Crippen LogP contribution in [-0.4, -0.2) is 177 Å². The summed E-state index contributed by atoms with van der Waals surface area (Å²) in [4.78, 5) is 76.1. The molecule has 8 N–H and O–H groups in total. The third-order valence-corrected chi connectivity index (χ3v) is 25.5. The number of guanidine groups is 1. The predicted octanol–water partition coefficient (Wildman–Crippen LogP) is 8.84. The first-order valence-corrected chi connectivity index (χ1v) is 37.2. The number of rotatable bonds is 13. The summed E-state index contributed by atoms with van der Waals surface area (Å²) in [7, 11) is 1.59. The zero-order valence-electron chi connectivity index (χ0n) is 61.0. The molecule has 108 heavy (non-hydrogen) atoms. The second-order valence-electron chi connectivity index (χ2n) is 33.0. The van der Waals surface area contributed by atoms with Crippen molar-refractivity contribution in [2.45, 2.75) is 182 Å². The third kappa shape index (κ3) is 14.0. The summed E-state index contributed by atoms with van der Waals surface area (Å²) in [5.74, 6) is -1.32. The maximum Gasteiger partial charge on any atom is 0.264 e. The molecule has 3 amide bonds. The highest BCUT2D eigenvalue weighted by molar-refractivity contribution is 7.86. The van der Waals surface area contributed by atoms with Crippen molar-refractivity contribution in [3.63, 3.8) is 0 Å². The molecular formula is C77H96F3N11O16S. The molecule has 27 nitrogen and oxygen atoms in total. The molecule has 17 fully saturated rings. The smallest absolute Gasteiger partial charge is 0.264 e. The molecular weight excluding hydrogens is 1420 g/mol. The maximum absolute atomic E-state index is 15.1. The van der Waals surface area contributed by atoms with E-state index in [0.717, 1.165) is 83.3 Å². The van der Waals surface area contributed by atoms with Gasteiger partial charge in [0.15, 0.2) is 5.96 Å². The molecule has 0 radical (unpaired) electrons. The normalized spacial score (nSPS) is 37.7. The molecule has 31 heteroatoms. The number of carbonyl (C=O) groups is 3. The van der Waals surface area contributed by atoms with Gasteiger partial charge in [0.1, 0.15) is 63.0 Å². The van der Waals surface area contributed by atoms with Crippen LogP contribution in [0.15, 0.2) is 84.4 Å². The standard InChI is InChI=1S/C23H26FN3O3.C22H25FN4O3.C16H19FN2O3.C8H11NO3S.C7H9NO.CH4.O2.H2O/c1-14-7-18-20(28)27(4)15(2)26-23(18,13-29-14)17-8-16(5-6-19(17)24)30-12-21-9-22(10-21,11-21)25-3;1-13-6-16-18(28)27(3)19(24)26-22(16,12-29-13)15-7-14(4-5-17(15)23)30-11-20-8-21(9-20,10-20)25-2;1-9-6-13-15(21)19(3)10(2)18-16(13,8-22-9)12-7-11(20)4-5-14(12)17;1-9-8-3-7(4-8,5-8)6-12-13(2,10)11;1-8-7-2-6(3-7,4-7)5-9;;1-2;/h5-6,8,14,18,26H,2,7,9-13H2,1,4H3;4-5,7,13,16H,6,8-12H2,1,3H3,(H2,24,26);4-5,7,9,13,18,20H,2,6,8H2,1,3H3;3-6H2,2H3;9H,2-5H2;1H4;;1H2/t14-,18-,21?,22?,23+;13-,16-,20?,21?,22+;9-,13-,16+;;;;;/m000...../s1. The van der Waals surface area contributed by atoms with Crippen LogP contribution in [-0.2, 0) is 59.5 Å². The Balaban J connectivity index is 0.000000150. The monoisotopic (exact) mass is 1520 g/mol. The minimum Gasteiger partial charge on any atom is -0.508 e. The predicted molar refractivity (Wildman–Crippen MR) is 389 cm³/mol. The van der Waals surface area contributed by atoms with Gasteiger partial charge in [0, 0.05) is 153 Å². The van der Waals surface area contributed by atoms with Crippen LogP contribution in [0.5, 0.6) is 17.2 Å². The van der Waals surface area contributed by atoms with Gasteiger partial charge in [0.2, 0.25) is 39.9 Å². The largest absolute Gasteiger partial charge is 0.508 e. The third-order valence-electron chi connectivity index (χ3n) is 25.0. The number of aliphatic hydroxyl groups is 1. The number of hydrogen-bond acceptors (Lipinski definition) is 19. The van der Waals surface area contributed by atoms with E-state index in [1.54, 1.807) is 45.4 Å². The van der Waals surface area contributed by atoms with E-state index < -0.39 is 61.9 Å². The molecule has 21 rings (SSSR count). The number of nitrogens with two attached hydrogens (primary N) is 1. The summed E-state index contributed by atoms with van der Waals surface area (Å²) in [5.41, 5.74) is 3.61. The number of fused-ring (bicyclic) bond motifs is 3. The van der Waals surface area contributed by atoms with E-state index in [4.69, 9.17) is 74.9 Å². The minimum atomic E-state index is -3.31. The number of ether oxygens (including phenoxy) is 5. The van der Waals surface area contributed by atoms with E-state index in [1.807, 2.05) is 20.8 Å².